The van der Waals surface area contributed by atoms with Crippen molar-refractivity contribution in [2.24, 2.45) is 0 Å². The molecule has 0 radical (unpaired) electrons. The second-order valence-corrected chi connectivity index (χ2v) is 6.56. The largest absolute Gasteiger partial charge is 0.491 e. The van der Waals surface area contributed by atoms with Crippen molar-refractivity contribution in [2.45, 2.75) is 27.3 Å². The van der Waals surface area contributed by atoms with Crippen molar-refractivity contribution in [1.82, 2.24) is 4.57 Å². The first-order valence-corrected chi connectivity index (χ1v) is 9.20. The molecular weight excluding hydrogens is 376 g/mol. The quantitative estimate of drug-likeness (QED) is 0.267. The highest BCUT2D eigenvalue weighted by Crippen LogP contribution is 2.37. The maximum absolute atomic E-state index is 13.0. The van der Waals surface area contributed by atoms with Crippen LogP contribution in [0, 0.1) is 25.2 Å². The van der Waals surface area contributed by atoms with Crippen LogP contribution in [0.1, 0.15) is 34.2 Å². The van der Waals surface area contributed by atoms with Crippen LogP contribution in [0.25, 0.3) is 6.08 Å². The van der Waals surface area contributed by atoms with E-state index in [1.165, 1.54) is 13.2 Å². The zero-order chi connectivity index (χ0) is 20.8. The number of hydrogen-bond donors (Lipinski definition) is 0. The van der Waals surface area contributed by atoms with Crippen LogP contribution in [0.2, 0.25) is 5.02 Å². The Morgan fingerprint density at radius 1 is 1.36 bits per heavy atom. The molecule has 5 nitrogen and oxygen atoms in total. The van der Waals surface area contributed by atoms with E-state index in [4.69, 9.17) is 21.1 Å². The average molecular weight is 399 g/mol. The van der Waals surface area contributed by atoms with E-state index in [2.05, 4.69) is 6.58 Å². The molecule has 0 spiro atoms. The van der Waals surface area contributed by atoms with Gasteiger partial charge >= 0.3 is 0 Å². The minimum Gasteiger partial charge on any atom is -0.491 e. The molecule has 6 heteroatoms. The number of carbonyl (C=O) groups is 1. The van der Waals surface area contributed by atoms with Gasteiger partial charge in [-0.1, -0.05) is 17.7 Å². The first-order chi connectivity index (χ1) is 13.4. The number of rotatable bonds is 8. The van der Waals surface area contributed by atoms with Crippen molar-refractivity contribution in [3.63, 3.8) is 0 Å². The third-order valence-electron chi connectivity index (χ3n) is 4.34. The molecule has 0 saturated heterocycles. The zero-order valence-electron chi connectivity index (χ0n) is 16.5. The van der Waals surface area contributed by atoms with Crippen molar-refractivity contribution in [1.29, 1.82) is 5.26 Å². The van der Waals surface area contributed by atoms with Gasteiger partial charge in [0.05, 0.1) is 18.7 Å². The van der Waals surface area contributed by atoms with E-state index in [-0.39, 0.29) is 11.4 Å². The van der Waals surface area contributed by atoms with Crippen LogP contribution in [0.4, 0.5) is 0 Å². The summed E-state index contributed by atoms with van der Waals surface area (Å²) in [5.74, 6) is 0.534. The maximum atomic E-state index is 13.0. The van der Waals surface area contributed by atoms with E-state index in [1.54, 1.807) is 24.3 Å². The number of halogens is 1. The van der Waals surface area contributed by atoms with E-state index in [1.807, 2.05) is 31.4 Å². The topological polar surface area (TPSA) is 64.2 Å². The number of nitrogens with zero attached hydrogens (tertiary/aromatic N) is 2. The number of nitriles is 1. The lowest BCUT2D eigenvalue weighted by atomic mass is 10.0. The van der Waals surface area contributed by atoms with Crippen LogP contribution in [-0.2, 0) is 6.54 Å². The number of methoxy groups -OCH3 is 1. The fourth-order valence-corrected chi connectivity index (χ4v) is 3.33. The number of hydrogen-bond acceptors (Lipinski definition) is 4. The van der Waals surface area contributed by atoms with Crippen LogP contribution in [0.15, 0.2) is 36.4 Å². The maximum Gasteiger partial charge on any atom is 0.205 e. The molecule has 2 aromatic rings. The predicted molar refractivity (Wildman–Crippen MR) is 111 cm³/mol. The van der Waals surface area contributed by atoms with Gasteiger partial charge in [0.15, 0.2) is 11.5 Å². The normalized spacial score (nSPS) is 11.1. The monoisotopic (exact) mass is 398 g/mol. The van der Waals surface area contributed by atoms with Gasteiger partial charge < -0.3 is 14.0 Å². The highest BCUT2D eigenvalue weighted by Gasteiger charge is 2.19. The van der Waals surface area contributed by atoms with Gasteiger partial charge in [-0.15, -0.1) is 6.58 Å². The molecule has 0 N–H and O–H groups in total. The van der Waals surface area contributed by atoms with E-state index in [0.717, 1.165) is 11.4 Å². The number of allylic oxidation sites excluding steroid dienone is 2. The second kappa shape index (κ2) is 9.29. The van der Waals surface area contributed by atoms with Crippen molar-refractivity contribution < 1.29 is 14.3 Å². The Labute approximate surface area is 170 Å². The van der Waals surface area contributed by atoms with Crippen LogP contribution in [0.3, 0.4) is 0 Å². The molecule has 1 aromatic carbocycles. The number of carbonyl (C=O) groups excluding carboxylic acids is 1. The number of benzene rings is 1. The Bertz CT molecular complexity index is 981. The second-order valence-electron chi connectivity index (χ2n) is 6.15. The van der Waals surface area contributed by atoms with E-state index in [9.17, 15) is 10.1 Å². The number of ketones is 1. The highest BCUT2D eigenvalue weighted by atomic mass is 35.5. The lowest BCUT2D eigenvalue weighted by molar-refractivity contribution is 0.103. The van der Waals surface area contributed by atoms with Crippen molar-refractivity contribution >= 4 is 23.5 Å². The Morgan fingerprint density at radius 2 is 2.07 bits per heavy atom. The summed E-state index contributed by atoms with van der Waals surface area (Å²) in [5, 5.41) is 9.92. The number of aryl methyl sites for hydroxylation is 1. The molecule has 2 rings (SSSR count). The number of ether oxygens (including phenoxy) is 2. The third-order valence-corrected chi connectivity index (χ3v) is 4.62. The van der Waals surface area contributed by atoms with Gasteiger partial charge in [-0.3, -0.25) is 4.79 Å². The molecule has 0 fully saturated rings. The number of aromatic nitrogens is 1. The third kappa shape index (κ3) is 4.29. The average Bonchev–Trinajstić information content (AvgIpc) is 2.94. The Hall–Kier alpha value is -2.97. The lowest BCUT2D eigenvalue weighted by Gasteiger charge is -2.12. The molecule has 0 bridgehead atoms. The van der Waals surface area contributed by atoms with E-state index >= 15 is 0 Å². The minimum atomic E-state index is -0.337. The number of Topliss-reactive ketones (excluding diaryl/α,β-unsaturated/α-hetero) is 1. The van der Waals surface area contributed by atoms with E-state index in [0.29, 0.717) is 40.8 Å². The molecule has 1 aromatic heterocycles. The van der Waals surface area contributed by atoms with Gasteiger partial charge in [0, 0.05) is 23.5 Å². The summed E-state index contributed by atoms with van der Waals surface area (Å²) in [6, 6.07) is 7.12. The summed E-state index contributed by atoms with van der Waals surface area (Å²) in [6.07, 6.45) is 3.28. The SMILES string of the molecule is C=CCn1c(C)cc(C(=O)/C(C#N)=C/c2cc(Cl)c(OC)c(OCC)c2)c1C. The fourth-order valence-electron chi connectivity index (χ4n) is 3.03. The van der Waals surface area contributed by atoms with Gasteiger partial charge in [0.1, 0.15) is 11.6 Å². The molecule has 28 heavy (non-hydrogen) atoms. The molecule has 1 heterocycles. The Kier molecular flexibility index (Phi) is 7.08. The molecule has 0 aliphatic carbocycles. The molecule has 0 atom stereocenters. The summed E-state index contributed by atoms with van der Waals surface area (Å²) >= 11 is 6.26. The lowest BCUT2D eigenvalue weighted by Crippen LogP contribution is -2.06. The van der Waals surface area contributed by atoms with Crippen molar-refractivity contribution in [2.75, 3.05) is 13.7 Å². The summed E-state index contributed by atoms with van der Waals surface area (Å²) in [5.41, 5.74) is 2.83. The van der Waals surface area contributed by atoms with Crippen molar-refractivity contribution in [3.05, 3.63) is 64.0 Å². The Morgan fingerprint density at radius 3 is 2.64 bits per heavy atom. The summed E-state index contributed by atoms with van der Waals surface area (Å²) in [4.78, 5) is 13.0. The van der Waals surface area contributed by atoms with Crippen LogP contribution in [-0.4, -0.2) is 24.1 Å². The van der Waals surface area contributed by atoms with Crippen LogP contribution in [0.5, 0.6) is 11.5 Å². The summed E-state index contributed by atoms with van der Waals surface area (Å²) < 4.78 is 12.8. The molecule has 146 valence electrons. The van der Waals surface area contributed by atoms with Gasteiger partial charge in [-0.05, 0) is 50.6 Å². The first kappa shape index (κ1) is 21.3. The molecule has 0 saturated carbocycles. The zero-order valence-corrected chi connectivity index (χ0v) is 17.3. The molecule has 0 unspecified atom stereocenters. The van der Waals surface area contributed by atoms with Gasteiger partial charge in [-0.2, -0.15) is 5.26 Å². The fraction of sp³-hybridized carbons (Fsp3) is 0.273. The van der Waals surface area contributed by atoms with E-state index < -0.39 is 0 Å². The van der Waals surface area contributed by atoms with Crippen molar-refractivity contribution in [3.8, 4) is 17.6 Å². The molecule has 0 amide bonds. The first-order valence-electron chi connectivity index (χ1n) is 8.82. The summed E-state index contributed by atoms with van der Waals surface area (Å²) in [7, 11) is 1.50. The van der Waals surface area contributed by atoms with Crippen LogP contribution >= 0.6 is 11.6 Å². The smallest absolute Gasteiger partial charge is 0.205 e. The minimum absolute atomic E-state index is 0.0162. The predicted octanol–water partition coefficient (Wildman–Crippen LogP) is 5.14. The molecule has 0 aliphatic heterocycles. The van der Waals surface area contributed by atoms with Gasteiger partial charge in [-0.25, -0.2) is 0 Å². The highest BCUT2D eigenvalue weighted by molar-refractivity contribution is 6.32. The Balaban J connectivity index is 2.50. The van der Waals surface area contributed by atoms with Crippen LogP contribution < -0.4 is 9.47 Å². The summed E-state index contributed by atoms with van der Waals surface area (Å²) in [6.45, 7) is 10.4. The van der Waals surface area contributed by atoms with Gasteiger partial charge in [0.25, 0.3) is 0 Å². The van der Waals surface area contributed by atoms with Gasteiger partial charge in [0.2, 0.25) is 5.78 Å². The standard InChI is InChI=1S/C22H23ClN2O3/c1-6-8-25-14(3)9-18(15(25)4)21(26)17(13-24)10-16-11-19(23)22(27-5)20(12-16)28-7-2/h6,9-12H,1,7-8H2,2-5H3/b17-10+. The molecular formula is C22H23ClN2O3. The molecule has 0 aliphatic rings.